The standard InChI is InChI=1S/C12H17ClN2/c1-10-11(5-6-12(13)14-10)9-15-7-3-2-4-8-15/h5-6H,2-4,7-9H2,1H3. The molecule has 82 valence electrons. The largest absolute Gasteiger partial charge is 0.299 e. The van der Waals surface area contributed by atoms with E-state index in [1.807, 2.05) is 13.0 Å². The van der Waals surface area contributed by atoms with Crippen LogP contribution < -0.4 is 0 Å². The van der Waals surface area contributed by atoms with Crippen LogP contribution in [0.3, 0.4) is 0 Å². The minimum absolute atomic E-state index is 0.592. The maximum Gasteiger partial charge on any atom is 0.129 e. The highest BCUT2D eigenvalue weighted by atomic mass is 35.5. The molecule has 0 amide bonds. The molecule has 0 spiro atoms. The first-order valence-electron chi connectivity index (χ1n) is 5.60. The molecule has 0 aromatic carbocycles. The molecule has 2 nitrogen and oxygen atoms in total. The van der Waals surface area contributed by atoms with Crippen molar-refractivity contribution in [1.29, 1.82) is 0 Å². The molecule has 1 aliphatic heterocycles. The van der Waals surface area contributed by atoms with Crippen LogP contribution in [0.2, 0.25) is 5.15 Å². The zero-order valence-corrected chi connectivity index (χ0v) is 9.93. The molecule has 0 bridgehead atoms. The normalized spacial score (nSPS) is 18.0. The third kappa shape index (κ3) is 2.93. The van der Waals surface area contributed by atoms with Crippen molar-refractivity contribution in [3.63, 3.8) is 0 Å². The minimum atomic E-state index is 0.592. The molecule has 0 saturated carbocycles. The quantitative estimate of drug-likeness (QED) is 0.718. The molecule has 2 rings (SSSR count). The van der Waals surface area contributed by atoms with Gasteiger partial charge < -0.3 is 0 Å². The summed E-state index contributed by atoms with van der Waals surface area (Å²) in [6, 6.07) is 3.98. The predicted octanol–water partition coefficient (Wildman–Crippen LogP) is 3.03. The van der Waals surface area contributed by atoms with E-state index < -0.39 is 0 Å². The van der Waals surface area contributed by atoms with Crippen LogP contribution in [0.1, 0.15) is 30.5 Å². The second-order valence-electron chi connectivity index (χ2n) is 4.22. The smallest absolute Gasteiger partial charge is 0.129 e. The van der Waals surface area contributed by atoms with Crippen LogP contribution in [0, 0.1) is 6.92 Å². The maximum absolute atomic E-state index is 5.83. The average molecular weight is 225 g/mol. The first kappa shape index (κ1) is 10.9. The molecule has 3 heteroatoms. The molecule has 1 aromatic heterocycles. The van der Waals surface area contributed by atoms with E-state index in [0.717, 1.165) is 12.2 Å². The zero-order chi connectivity index (χ0) is 10.7. The molecule has 1 aromatic rings. The summed E-state index contributed by atoms with van der Waals surface area (Å²) in [4.78, 5) is 6.78. The first-order valence-corrected chi connectivity index (χ1v) is 5.98. The van der Waals surface area contributed by atoms with E-state index in [1.54, 1.807) is 0 Å². The second kappa shape index (κ2) is 4.95. The van der Waals surface area contributed by atoms with Gasteiger partial charge in [0.1, 0.15) is 5.15 Å². The molecule has 15 heavy (non-hydrogen) atoms. The summed E-state index contributed by atoms with van der Waals surface area (Å²) in [6.07, 6.45) is 4.05. The fraction of sp³-hybridized carbons (Fsp3) is 0.583. The summed E-state index contributed by atoms with van der Waals surface area (Å²) in [7, 11) is 0. The summed E-state index contributed by atoms with van der Waals surface area (Å²) >= 11 is 5.83. The third-order valence-corrected chi connectivity index (χ3v) is 3.21. The number of rotatable bonds is 2. The van der Waals surface area contributed by atoms with Crippen molar-refractivity contribution in [3.8, 4) is 0 Å². The van der Waals surface area contributed by atoms with Gasteiger partial charge >= 0.3 is 0 Å². The summed E-state index contributed by atoms with van der Waals surface area (Å²) < 4.78 is 0. The van der Waals surface area contributed by atoms with Crippen molar-refractivity contribution in [2.45, 2.75) is 32.7 Å². The van der Waals surface area contributed by atoms with Gasteiger partial charge in [-0.3, -0.25) is 4.90 Å². The molecular weight excluding hydrogens is 208 g/mol. The SMILES string of the molecule is Cc1nc(Cl)ccc1CN1CCCCC1. The number of aryl methyl sites for hydroxylation is 1. The van der Waals surface area contributed by atoms with Crippen molar-refractivity contribution < 1.29 is 0 Å². The van der Waals surface area contributed by atoms with Crippen LogP contribution in [0.4, 0.5) is 0 Å². The predicted molar refractivity (Wildman–Crippen MR) is 63.1 cm³/mol. The number of likely N-dealkylation sites (tertiary alicyclic amines) is 1. The van der Waals surface area contributed by atoms with Crippen molar-refractivity contribution in [2.24, 2.45) is 0 Å². The van der Waals surface area contributed by atoms with Crippen molar-refractivity contribution in [2.75, 3.05) is 13.1 Å². The van der Waals surface area contributed by atoms with E-state index >= 15 is 0 Å². The lowest BCUT2D eigenvalue weighted by molar-refractivity contribution is 0.220. The Labute approximate surface area is 96.3 Å². The summed E-state index contributed by atoms with van der Waals surface area (Å²) in [5, 5.41) is 0.592. The highest BCUT2D eigenvalue weighted by Crippen LogP contribution is 2.16. The third-order valence-electron chi connectivity index (χ3n) is 3.00. The number of piperidine rings is 1. The number of halogens is 1. The Hall–Kier alpha value is -0.600. The zero-order valence-electron chi connectivity index (χ0n) is 9.17. The lowest BCUT2D eigenvalue weighted by Crippen LogP contribution is -2.29. The second-order valence-corrected chi connectivity index (χ2v) is 4.60. The van der Waals surface area contributed by atoms with Gasteiger partial charge in [-0.15, -0.1) is 0 Å². The number of hydrogen-bond acceptors (Lipinski definition) is 2. The molecule has 0 radical (unpaired) electrons. The van der Waals surface area contributed by atoms with E-state index in [4.69, 9.17) is 11.6 Å². The van der Waals surface area contributed by atoms with E-state index in [0.29, 0.717) is 5.15 Å². The topological polar surface area (TPSA) is 16.1 Å². The van der Waals surface area contributed by atoms with E-state index in [9.17, 15) is 0 Å². The van der Waals surface area contributed by atoms with Gasteiger partial charge in [-0.2, -0.15) is 0 Å². The van der Waals surface area contributed by atoms with Crippen LogP contribution in [0.25, 0.3) is 0 Å². The van der Waals surface area contributed by atoms with Gasteiger partial charge in [0.2, 0.25) is 0 Å². The average Bonchev–Trinajstić information content (AvgIpc) is 2.24. The maximum atomic E-state index is 5.83. The number of aromatic nitrogens is 1. The van der Waals surface area contributed by atoms with Crippen molar-refractivity contribution in [3.05, 3.63) is 28.5 Å². The molecule has 0 unspecified atom stereocenters. The van der Waals surface area contributed by atoms with E-state index in [2.05, 4.69) is 16.0 Å². The van der Waals surface area contributed by atoms with Gasteiger partial charge in [-0.25, -0.2) is 4.98 Å². The number of pyridine rings is 1. The van der Waals surface area contributed by atoms with Crippen LogP contribution in [-0.4, -0.2) is 23.0 Å². The van der Waals surface area contributed by atoms with Crippen molar-refractivity contribution in [1.82, 2.24) is 9.88 Å². The van der Waals surface area contributed by atoms with E-state index in [-0.39, 0.29) is 0 Å². The van der Waals surface area contributed by atoms with Gasteiger partial charge in [0.05, 0.1) is 0 Å². The molecule has 0 atom stereocenters. The lowest BCUT2D eigenvalue weighted by atomic mass is 10.1. The first-order chi connectivity index (χ1) is 7.25. The van der Waals surface area contributed by atoms with Crippen LogP contribution in [-0.2, 0) is 6.54 Å². The fourth-order valence-corrected chi connectivity index (χ4v) is 2.27. The fourth-order valence-electron chi connectivity index (χ4n) is 2.08. The number of hydrogen-bond donors (Lipinski definition) is 0. The molecular formula is C12H17ClN2. The minimum Gasteiger partial charge on any atom is -0.299 e. The molecule has 1 saturated heterocycles. The van der Waals surface area contributed by atoms with Gasteiger partial charge in [-0.1, -0.05) is 24.1 Å². The molecule has 1 fully saturated rings. The molecule has 1 aliphatic rings. The Balaban J connectivity index is 2.03. The van der Waals surface area contributed by atoms with Crippen LogP contribution in [0.5, 0.6) is 0 Å². The Kier molecular flexibility index (Phi) is 3.60. The Bertz CT molecular complexity index is 332. The van der Waals surface area contributed by atoms with Gasteiger partial charge in [0.15, 0.2) is 0 Å². The van der Waals surface area contributed by atoms with Crippen LogP contribution in [0.15, 0.2) is 12.1 Å². The van der Waals surface area contributed by atoms with E-state index in [1.165, 1.54) is 37.9 Å². The monoisotopic (exact) mass is 224 g/mol. The Morgan fingerprint density at radius 1 is 1.27 bits per heavy atom. The molecule has 2 heterocycles. The summed E-state index contributed by atoms with van der Waals surface area (Å²) in [5.74, 6) is 0. The molecule has 0 N–H and O–H groups in total. The number of nitrogens with zero attached hydrogens (tertiary/aromatic N) is 2. The molecule has 0 aliphatic carbocycles. The lowest BCUT2D eigenvalue weighted by Gasteiger charge is -2.26. The van der Waals surface area contributed by atoms with Gasteiger partial charge in [0, 0.05) is 12.2 Å². The van der Waals surface area contributed by atoms with Gasteiger partial charge in [-0.05, 0) is 44.5 Å². The van der Waals surface area contributed by atoms with Crippen LogP contribution >= 0.6 is 11.6 Å². The summed E-state index contributed by atoms with van der Waals surface area (Å²) in [5.41, 5.74) is 2.37. The highest BCUT2D eigenvalue weighted by molar-refractivity contribution is 6.29. The van der Waals surface area contributed by atoms with Gasteiger partial charge in [0.25, 0.3) is 0 Å². The van der Waals surface area contributed by atoms with Crippen molar-refractivity contribution >= 4 is 11.6 Å². The summed E-state index contributed by atoms with van der Waals surface area (Å²) in [6.45, 7) is 5.51. The Morgan fingerprint density at radius 2 is 2.00 bits per heavy atom. The highest BCUT2D eigenvalue weighted by Gasteiger charge is 2.11. The Morgan fingerprint density at radius 3 is 2.67 bits per heavy atom.